The number of hydrogen-bond donors (Lipinski definition) is 1. The summed E-state index contributed by atoms with van der Waals surface area (Å²) in [6.45, 7) is 3.68. The first-order valence-electron chi connectivity index (χ1n) is 10.2. The van der Waals surface area contributed by atoms with Gasteiger partial charge in [0.1, 0.15) is 11.5 Å². The molecule has 3 aromatic rings. The molecule has 0 radical (unpaired) electrons. The van der Waals surface area contributed by atoms with Crippen LogP contribution >= 0.6 is 23.2 Å². The van der Waals surface area contributed by atoms with Crippen molar-refractivity contribution in [3.63, 3.8) is 0 Å². The lowest BCUT2D eigenvalue weighted by molar-refractivity contribution is -0.132. The lowest BCUT2D eigenvalue weighted by atomic mass is 9.94. The molecule has 1 fully saturated rings. The number of rotatable bonds is 4. The van der Waals surface area contributed by atoms with Crippen molar-refractivity contribution in [3.8, 4) is 5.75 Å². The normalized spacial score (nSPS) is 17.5. The number of hydrogen-bond acceptors (Lipinski definition) is 4. The smallest absolute Gasteiger partial charge is 0.300 e. The Morgan fingerprint density at radius 1 is 0.939 bits per heavy atom. The van der Waals surface area contributed by atoms with Crippen molar-refractivity contribution in [2.24, 2.45) is 0 Å². The number of ketones is 1. The first-order chi connectivity index (χ1) is 15.7. The second-order valence-corrected chi connectivity index (χ2v) is 8.68. The van der Waals surface area contributed by atoms with E-state index in [2.05, 4.69) is 0 Å². The number of Topliss-reactive ketones (excluding diaryl/α,β-unsaturated/α-hetero) is 1. The maximum atomic E-state index is 13.2. The Balaban J connectivity index is 1.94. The molecule has 7 heteroatoms. The van der Waals surface area contributed by atoms with Crippen molar-refractivity contribution >= 4 is 46.3 Å². The van der Waals surface area contributed by atoms with Gasteiger partial charge in [-0.2, -0.15) is 0 Å². The Hall–Kier alpha value is -3.28. The summed E-state index contributed by atoms with van der Waals surface area (Å²) >= 11 is 12.4. The number of carbonyl (C=O) groups excluding carboxylic acids is 2. The van der Waals surface area contributed by atoms with Crippen LogP contribution in [-0.2, 0) is 9.59 Å². The van der Waals surface area contributed by atoms with Crippen LogP contribution in [-0.4, -0.2) is 23.9 Å². The zero-order valence-electron chi connectivity index (χ0n) is 18.2. The fraction of sp³-hybridized carbons (Fsp3) is 0.154. The Kier molecular flexibility index (Phi) is 6.19. The standard InChI is InChI=1S/C26H21Cl2NO4/c1-14-4-10-19(13-20(14)28)29-23(16-5-8-18(27)9-6-16)22(25(31)26(29)32)24(30)17-7-11-21(33-3)15(2)12-17/h4-13,23,30H,1-3H3/b24-22+. The van der Waals surface area contributed by atoms with Gasteiger partial charge in [0.25, 0.3) is 11.7 Å². The monoisotopic (exact) mass is 481 g/mol. The van der Waals surface area contributed by atoms with Crippen molar-refractivity contribution in [1.82, 2.24) is 0 Å². The van der Waals surface area contributed by atoms with Crippen LogP contribution in [0.25, 0.3) is 5.76 Å². The molecular formula is C26H21Cl2NO4. The number of aliphatic hydroxyl groups excluding tert-OH is 1. The maximum absolute atomic E-state index is 13.2. The summed E-state index contributed by atoms with van der Waals surface area (Å²) < 4.78 is 5.29. The number of benzene rings is 3. The summed E-state index contributed by atoms with van der Waals surface area (Å²) in [4.78, 5) is 27.8. The number of aliphatic hydroxyl groups is 1. The molecule has 1 heterocycles. The van der Waals surface area contributed by atoms with Gasteiger partial charge in [-0.15, -0.1) is 0 Å². The topological polar surface area (TPSA) is 66.8 Å². The zero-order valence-corrected chi connectivity index (χ0v) is 19.7. The zero-order chi connectivity index (χ0) is 23.9. The number of carbonyl (C=O) groups is 2. The molecule has 3 aromatic carbocycles. The number of halogens is 2. The second-order valence-electron chi connectivity index (χ2n) is 7.84. The number of ether oxygens (including phenoxy) is 1. The van der Waals surface area contributed by atoms with Gasteiger partial charge in [0, 0.05) is 21.3 Å². The lowest BCUT2D eigenvalue weighted by Gasteiger charge is -2.26. The van der Waals surface area contributed by atoms with Gasteiger partial charge in [-0.05, 0) is 73.0 Å². The molecule has 33 heavy (non-hydrogen) atoms. The molecule has 168 valence electrons. The van der Waals surface area contributed by atoms with E-state index in [1.807, 2.05) is 13.8 Å². The van der Waals surface area contributed by atoms with Crippen molar-refractivity contribution in [1.29, 1.82) is 0 Å². The van der Waals surface area contributed by atoms with Gasteiger partial charge in [-0.25, -0.2) is 0 Å². The van der Waals surface area contributed by atoms with Gasteiger partial charge in [-0.1, -0.05) is 41.4 Å². The van der Waals surface area contributed by atoms with Crippen LogP contribution < -0.4 is 9.64 Å². The summed E-state index contributed by atoms with van der Waals surface area (Å²) in [5.41, 5.74) is 3.10. The van der Waals surface area contributed by atoms with Crippen LogP contribution in [0.1, 0.15) is 28.3 Å². The second kappa shape index (κ2) is 8.93. The molecule has 0 spiro atoms. The highest BCUT2D eigenvalue weighted by Crippen LogP contribution is 2.43. The summed E-state index contributed by atoms with van der Waals surface area (Å²) in [7, 11) is 1.56. The molecule has 0 aliphatic carbocycles. The van der Waals surface area contributed by atoms with Crippen LogP contribution in [0.2, 0.25) is 10.0 Å². The third-order valence-corrected chi connectivity index (χ3v) is 6.39. The first-order valence-corrected chi connectivity index (χ1v) is 11.0. The van der Waals surface area contributed by atoms with Crippen LogP contribution in [0.5, 0.6) is 5.75 Å². The molecule has 1 saturated heterocycles. The average molecular weight is 482 g/mol. The third kappa shape index (κ3) is 4.10. The van der Waals surface area contributed by atoms with Crippen molar-refractivity contribution in [2.45, 2.75) is 19.9 Å². The van der Waals surface area contributed by atoms with Gasteiger partial charge in [-0.3, -0.25) is 14.5 Å². The molecule has 1 unspecified atom stereocenters. The molecule has 4 rings (SSSR count). The minimum Gasteiger partial charge on any atom is -0.507 e. The van der Waals surface area contributed by atoms with E-state index in [9.17, 15) is 14.7 Å². The summed E-state index contributed by atoms with van der Waals surface area (Å²) in [5, 5.41) is 12.2. The predicted molar refractivity (Wildman–Crippen MR) is 130 cm³/mol. The molecule has 1 amide bonds. The van der Waals surface area contributed by atoms with Crippen LogP contribution in [0.3, 0.4) is 0 Å². The van der Waals surface area contributed by atoms with Crippen LogP contribution in [0, 0.1) is 13.8 Å². The maximum Gasteiger partial charge on any atom is 0.300 e. The molecule has 0 bridgehead atoms. The van der Waals surface area contributed by atoms with Gasteiger partial charge < -0.3 is 9.84 Å². The quantitative estimate of drug-likeness (QED) is 0.271. The fourth-order valence-electron chi connectivity index (χ4n) is 3.97. The first kappa shape index (κ1) is 22.9. The SMILES string of the molecule is COc1ccc(/C(O)=C2\C(=O)C(=O)N(c3ccc(C)c(Cl)c3)C2c2ccc(Cl)cc2)cc1C. The van der Waals surface area contributed by atoms with E-state index in [0.29, 0.717) is 32.6 Å². The van der Waals surface area contributed by atoms with E-state index in [0.717, 1.165) is 11.1 Å². The van der Waals surface area contributed by atoms with Gasteiger partial charge >= 0.3 is 0 Å². The van der Waals surface area contributed by atoms with E-state index in [-0.39, 0.29) is 11.3 Å². The highest BCUT2D eigenvalue weighted by molar-refractivity contribution is 6.51. The van der Waals surface area contributed by atoms with E-state index < -0.39 is 17.7 Å². The minimum absolute atomic E-state index is 0.0106. The third-order valence-electron chi connectivity index (χ3n) is 5.73. The van der Waals surface area contributed by atoms with Crippen LogP contribution in [0.4, 0.5) is 5.69 Å². The summed E-state index contributed by atoms with van der Waals surface area (Å²) in [6, 6.07) is 16.2. The molecule has 5 nitrogen and oxygen atoms in total. The molecule has 1 aliphatic rings. The van der Waals surface area contributed by atoms with Gasteiger partial charge in [0.2, 0.25) is 0 Å². The largest absolute Gasteiger partial charge is 0.507 e. The van der Waals surface area contributed by atoms with E-state index >= 15 is 0 Å². The fourth-order valence-corrected chi connectivity index (χ4v) is 4.27. The lowest BCUT2D eigenvalue weighted by Crippen LogP contribution is -2.29. The van der Waals surface area contributed by atoms with Crippen LogP contribution in [0.15, 0.2) is 66.2 Å². The number of nitrogens with zero attached hydrogens (tertiary/aromatic N) is 1. The summed E-state index contributed by atoms with van der Waals surface area (Å²) in [6.07, 6.45) is 0. The molecule has 1 aliphatic heterocycles. The summed E-state index contributed by atoms with van der Waals surface area (Å²) in [5.74, 6) is -1.14. The highest BCUT2D eigenvalue weighted by Gasteiger charge is 2.47. The van der Waals surface area contributed by atoms with Crippen molar-refractivity contribution in [2.75, 3.05) is 12.0 Å². The minimum atomic E-state index is -0.858. The molecule has 1 atom stereocenters. The molecular weight excluding hydrogens is 461 g/mol. The predicted octanol–water partition coefficient (Wildman–Crippen LogP) is 6.25. The Morgan fingerprint density at radius 3 is 2.24 bits per heavy atom. The van der Waals surface area contributed by atoms with E-state index in [4.69, 9.17) is 27.9 Å². The Morgan fingerprint density at radius 2 is 1.64 bits per heavy atom. The number of anilines is 1. The van der Waals surface area contributed by atoms with E-state index in [1.165, 1.54) is 4.90 Å². The Labute approximate surface area is 201 Å². The van der Waals surface area contributed by atoms with Crippen molar-refractivity contribution in [3.05, 3.63) is 98.5 Å². The number of amides is 1. The van der Waals surface area contributed by atoms with Gasteiger partial charge in [0.05, 0.1) is 18.7 Å². The number of aryl methyl sites for hydroxylation is 2. The highest BCUT2D eigenvalue weighted by atomic mass is 35.5. The molecule has 1 N–H and O–H groups in total. The molecule has 0 aromatic heterocycles. The number of methoxy groups -OCH3 is 1. The average Bonchev–Trinajstić information content (AvgIpc) is 3.06. The molecule has 0 saturated carbocycles. The Bertz CT molecular complexity index is 1300. The van der Waals surface area contributed by atoms with Crippen molar-refractivity contribution < 1.29 is 19.4 Å². The van der Waals surface area contributed by atoms with E-state index in [1.54, 1.807) is 67.8 Å². The van der Waals surface area contributed by atoms with Gasteiger partial charge in [0.15, 0.2) is 0 Å².